The minimum absolute atomic E-state index is 0.0128. The summed E-state index contributed by atoms with van der Waals surface area (Å²) in [6.07, 6.45) is 2.60. The van der Waals surface area contributed by atoms with E-state index in [0.717, 1.165) is 25.1 Å². The van der Waals surface area contributed by atoms with Crippen LogP contribution in [0.5, 0.6) is 0 Å². The molecule has 0 unspecified atom stereocenters. The standard InChI is InChI=1S/C27H27F3N6O2/c1-16-8-11-35(15-16)23(38)6-5-22(37)19-4-3-18(13-17(19)2)34-25-26-33-14-21(36(26)12-10-32-25)20-7-9-31-24(20)27(28,29)30/h3-4,7,10,12-14,16H,5-6,8-9,11,15H2,1-2H3,(H,32,34)/t16-/m0/s1. The number of aryl methyl sites for hydroxylation is 1. The van der Waals surface area contributed by atoms with Gasteiger partial charge < -0.3 is 10.2 Å². The number of amides is 1. The van der Waals surface area contributed by atoms with Gasteiger partial charge in [-0.2, -0.15) is 13.2 Å². The van der Waals surface area contributed by atoms with Gasteiger partial charge >= 0.3 is 6.18 Å². The molecule has 2 aromatic heterocycles. The highest BCUT2D eigenvalue weighted by molar-refractivity contribution is 6.27. The maximum absolute atomic E-state index is 13.4. The number of fused-ring (bicyclic) bond motifs is 1. The summed E-state index contributed by atoms with van der Waals surface area (Å²) in [5, 5.41) is 3.15. The first-order chi connectivity index (χ1) is 18.1. The van der Waals surface area contributed by atoms with Crippen LogP contribution in [0.2, 0.25) is 0 Å². The maximum atomic E-state index is 13.4. The van der Waals surface area contributed by atoms with Crippen LogP contribution >= 0.6 is 0 Å². The van der Waals surface area contributed by atoms with Gasteiger partial charge in [0, 0.05) is 55.1 Å². The van der Waals surface area contributed by atoms with Crippen molar-refractivity contribution in [3.63, 3.8) is 0 Å². The lowest BCUT2D eigenvalue weighted by atomic mass is 10.0. The van der Waals surface area contributed by atoms with Crippen LogP contribution < -0.4 is 5.32 Å². The number of Topliss-reactive ketones (excluding diaryl/α,β-unsaturated/α-hetero) is 1. The first-order valence-electron chi connectivity index (χ1n) is 12.4. The largest absolute Gasteiger partial charge is 0.433 e. The molecule has 198 valence electrons. The Morgan fingerprint density at radius 2 is 2.00 bits per heavy atom. The number of carbonyl (C=O) groups excluding carboxylic acids is 2. The Bertz CT molecular complexity index is 1470. The van der Waals surface area contributed by atoms with Gasteiger partial charge in [0.15, 0.2) is 17.2 Å². The average molecular weight is 525 g/mol. The number of rotatable bonds is 7. The van der Waals surface area contributed by atoms with Crippen LogP contribution in [0.15, 0.2) is 47.9 Å². The number of aromatic nitrogens is 3. The van der Waals surface area contributed by atoms with E-state index in [4.69, 9.17) is 0 Å². The van der Waals surface area contributed by atoms with Crippen molar-refractivity contribution >= 4 is 40.1 Å². The number of nitrogens with one attached hydrogen (secondary N) is 1. The van der Waals surface area contributed by atoms with E-state index >= 15 is 0 Å². The fraction of sp³-hybridized carbons (Fsp3) is 0.370. The van der Waals surface area contributed by atoms with Crippen molar-refractivity contribution in [3.05, 3.63) is 59.7 Å². The van der Waals surface area contributed by atoms with Crippen molar-refractivity contribution in [3.8, 4) is 0 Å². The topological polar surface area (TPSA) is 92.0 Å². The molecule has 1 aromatic carbocycles. The molecule has 1 N–H and O–H groups in total. The van der Waals surface area contributed by atoms with E-state index in [0.29, 0.717) is 28.6 Å². The Morgan fingerprint density at radius 3 is 2.71 bits per heavy atom. The molecule has 5 rings (SSSR count). The second-order valence-electron chi connectivity index (χ2n) is 9.73. The summed E-state index contributed by atoms with van der Waals surface area (Å²) in [5.41, 5.74) is 1.61. The molecule has 4 heterocycles. The monoisotopic (exact) mass is 524 g/mol. The van der Waals surface area contributed by atoms with Crippen molar-refractivity contribution in [1.82, 2.24) is 19.3 Å². The van der Waals surface area contributed by atoms with Crippen LogP contribution in [0.3, 0.4) is 0 Å². The van der Waals surface area contributed by atoms with E-state index in [9.17, 15) is 22.8 Å². The summed E-state index contributed by atoms with van der Waals surface area (Å²) in [6.45, 7) is 5.39. The molecule has 0 radical (unpaired) electrons. The van der Waals surface area contributed by atoms with Crippen LogP contribution in [-0.2, 0) is 4.79 Å². The molecule has 3 aromatic rings. The van der Waals surface area contributed by atoms with E-state index in [1.807, 2.05) is 11.8 Å². The smallest absolute Gasteiger partial charge is 0.342 e. The number of imidazole rings is 1. The molecule has 1 amide bonds. The molecule has 1 atom stereocenters. The predicted octanol–water partition coefficient (Wildman–Crippen LogP) is 5.01. The molecule has 0 aliphatic carbocycles. The highest BCUT2D eigenvalue weighted by atomic mass is 19.4. The quantitative estimate of drug-likeness (QED) is 0.439. The average Bonchev–Trinajstić information content (AvgIpc) is 3.61. The van der Waals surface area contributed by atoms with Gasteiger partial charge in [0.1, 0.15) is 5.71 Å². The lowest BCUT2D eigenvalue weighted by molar-refractivity contribution is -0.130. The number of halogens is 3. The maximum Gasteiger partial charge on any atom is 0.433 e. The number of hydrogen-bond acceptors (Lipinski definition) is 6. The summed E-state index contributed by atoms with van der Waals surface area (Å²) < 4.78 is 41.7. The zero-order chi connectivity index (χ0) is 27.0. The summed E-state index contributed by atoms with van der Waals surface area (Å²) >= 11 is 0. The van der Waals surface area contributed by atoms with Gasteiger partial charge in [-0.25, -0.2) is 9.97 Å². The van der Waals surface area contributed by atoms with Crippen LogP contribution in [0.4, 0.5) is 24.7 Å². The van der Waals surface area contributed by atoms with E-state index in [1.54, 1.807) is 24.4 Å². The normalized spacial score (nSPS) is 17.6. The van der Waals surface area contributed by atoms with Gasteiger partial charge in [0.2, 0.25) is 5.91 Å². The number of carbonyl (C=O) groups is 2. The van der Waals surface area contributed by atoms with Gasteiger partial charge in [0.25, 0.3) is 0 Å². The lowest BCUT2D eigenvalue weighted by Gasteiger charge is -2.15. The lowest BCUT2D eigenvalue weighted by Crippen LogP contribution is -2.28. The van der Waals surface area contributed by atoms with Gasteiger partial charge in [-0.3, -0.25) is 19.0 Å². The highest BCUT2D eigenvalue weighted by Gasteiger charge is 2.40. The Labute approximate surface area is 217 Å². The number of ketones is 1. The molecule has 38 heavy (non-hydrogen) atoms. The minimum atomic E-state index is -4.56. The van der Waals surface area contributed by atoms with Crippen molar-refractivity contribution in [1.29, 1.82) is 0 Å². The first kappa shape index (κ1) is 25.6. The Hall–Kier alpha value is -4.02. The van der Waals surface area contributed by atoms with E-state index in [1.165, 1.54) is 22.9 Å². The molecule has 8 nitrogen and oxygen atoms in total. The molecule has 1 saturated heterocycles. The summed E-state index contributed by atoms with van der Waals surface area (Å²) in [4.78, 5) is 39.3. The number of aliphatic imine (C=N–C) groups is 1. The molecule has 0 spiro atoms. The number of benzene rings is 1. The SMILES string of the molecule is Cc1cc(Nc2nccn3c(C4=CCN=C4C(F)(F)F)cnc23)ccc1C(=O)CCC(=O)N1CC[C@H](C)C1. The summed E-state index contributed by atoms with van der Waals surface area (Å²) in [7, 11) is 0. The first-order valence-corrected chi connectivity index (χ1v) is 12.4. The Kier molecular flexibility index (Phi) is 6.77. The van der Waals surface area contributed by atoms with Crippen molar-refractivity contribution in [2.24, 2.45) is 10.9 Å². The minimum Gasteiger partial charge on any atom is -0.342 e. The molecule has 2 aliphatic rings. The van der Waals surface area contributed by atoms with Gasteiger partial charge in [0.05, 0.1) is 18.4 Å². The number of allylic oxidation sites excluding steroid dienone is 1. The molecular formula is C27H27F3N6O2. The molecule has 2 aliphatic heterocycles. The molecule has 1 fully saturated rings. The van der Waals surface area contributed by atoms with Crippen molar-refractivity contribution in [2.75, 3.05) is 25.0 Å². The van der Waals surface area contributed by atoms with Gasteiger partial charge in [-0.1, -0.05) is 13.0 Å². The van der Waals surface area contributed by atoms with Crippen LogP contribution in [0.1, 0.15) is 47.8 Å². The number of alkyl halides is 3. The fourth-order valence-corrected chi connectivity index (χ4v) is 4.95. The zero-order valence-corrected chi connectivity index (χ0v) is 21.0. The number of nitrogens with zero attached hydrogens (tertiary/aromatic N) is 5. The van der Waals surface area contributed by atoms with Crippen molar-refractivity contribution < 1.29 is 22.8 Å². The van der Waals surface area contributed by atoms with Crippen LogP contribution in [0, 0.1) is 12.8 Å². The highest BCUT2D eigenvalue weighted by Crippen LogP contribution is 2.32. The van der Waals surface area contributed by atoms with Crippen LogP contribution in [-0.4, -0.2) is 62.5 Å². The summed E-state index contributed by atoms with van der Waals surface area (Å²) in [6, 6.07) is 5.22. The second-order valence-corrected chi connectivity index (χ2v) is 9.73. The third-order valence-electron chi connectivity index (χ3n) is 6.90. The van der Waals surface area contributed by atoms with E-state index in [-0.39, 0.29) is 42.3 Å². The molecule has 11 heteroatoms. The second kappa shape index (κ2) is 10.0. The Balaban J connectivity index is 1.30. The molecule has 0 saturated carbocycles. The zero-order valence-electron chi connectivity index (χ0n) is 21.0. The third kappa shape index (κ3) is 5.05. The van der Waals surface area contributed by atoms with Gasteiger partial charge in [-0.15, -0.1) is 0 Å². The van der Waals surface area contributed by atoms with Crippen molar-refractivity contribution in [2.45, 2.75) is 39.3 Å². The van der Waals surface area contributed by atoms with E-state index in [2.05, 4.69) is 27.2 Å². The molecular weight excluding hydrogens is 497 g/mol. The van der Waals surface area contributed by atoms with Crippen LogP contribution in [0.25, 0.3) is 11.2 Å². The summed E-state index contributed by atoms with van der Waals surface area (Å²) in [5.74, 6) is 0.766. The third-order valence-corrected chi connectivity index (χ3v) is 6.90. The number of anilines is 2. The molecule has 0 bridgehead atoms. The predicted molar refractivity (Wildman–Crippen MR) is 138 cm³/mol. The Morgan fingerprint density at radius 1 is 1.18 bits per heavy atom. The number of hydrogen-bond donors (Lipinski definition) is 1. The fourth-order valence-electron chi connectivity index (χ4n) is 4.95. The van der Waals surface area contributed by atoms with E-state index < -0.39 is 11.9 Å². The number of likely N-dealkylation sites (tertiary alicyclic amines) is 1. The van der Waals surface area contributed by atoms with Gasteiger partial charge in [-0.05, 0) is 43.0 Å².